The van der Waals surface area contributed by atoms with Gasteiger partial charge in [-0.1, -0.05) is 25.5 Å². The fourth-order valence-electron chi connectivity index (χ4n) is 1.30. The third-order valence-corrected chi connectivity index (χ3v) is 2.17. The van der Waals surface area contributed by atoms with Crippen molar-refractivity contribution >= 4 is 5.78 Å². The molecule has 87 valence electrons. The predicted molar refractivity (Wildman–Crippen MR) is 55.0 cm³/mol. The molecule has 4 heteroatoms. The van der Waals surface area contributed by atoms with E-state index in [1.807, 2.05) is 0 Å². The summed E-state index contributed by atoms with van der Waals surface area (Å²) in [7, 11) is 0. The van der Waals surface area contributed by atoms with Gasteiger partial charge in [-0.15, -0.1) is 0 Å². The Hall–Kier alpha value is -1.32. The molecule has 1 aromatic rings. The lowest BCUT2D eigenvalue weighted by atomic mass is 10.0. The Labute approximate surface area is 92.3 Å². The number of carbonyl (C=O) groups is 1. The van der Waals surface area contributed by atoms with Crippen LogP contribution < -0.4 is 0 Å². The molecule has 0 saturated carbocycles. The number of Topliss-reactive ketones (excluding diaryl/α,β-unsaturated/α-hetero) is 1. The predicted octanol–water partition coefficient (Wildman–Crippen LogP) is 3.89. The summed E-state index contributed by atoms with van der Waals surface area (Å²) in [4.78, 5) is 11.5. The highest BCUT2D eigenvalue weighted by molar-refractivity contribution is 5.96. The van der Waals surface area contributed by atoms with E-state index >= 15 is 0 Å². The van der Waals surface area contributed by atoms with Crippen LogP contribution in [0.3, 0.4) is 0 Å². The van der Waals surface area contributed by atoms with Crippen molar-refractivity contribution in [1.29, 1.82) is 0 Å². The average Bonchev–Trinajstić information content (AvgIpc) is 2.25. The smallest absolute Gasteiger partial charge is 0.294 e. The van der Waals surface area contributed by atoms with Gasteiger partial charge in [-0.3, -0.25) is 4.79 Å². The van der Waals surface area contributed by atoms with Crippen molar-refractivity contribution in [2.45, 2.75) is 25.4 Å². The fraction of sp³-hybridized carbons (Fsp3) is 0.333. The summed E-state index contributed by atoms with van der Waals surface area (Å²) in [6.07, 6.45) is -2.97. The van der Waals surface area contributed by atoms with Crippen LogP contribution in [0.2, 0.25) is 0 Å². The summed E-state index contributed by atoms with van der Waals surface area (Å²) in [6.45, 7) is 3.58. The molecule has 0 atom stereocenters. The number of hydrogen-bond acceptors (Lipinski definition) is 1. The third-order valence-electron chi connectivity index (χ3n) is 2.17. The first-order valence-electron chi connectivity index (χ1n) is 4.95. The zero-order valence-corrected chi connectivity index (χ0v) is 8.68. The highest BCUT2D eigenvalue weighted by atomic mass is 19.4. The number of halogens is 3. The van der Waals surface area contributed by atoms with Gasteiger partial charge in [0, 0.05) is 12.0 Å². The van der Waals surface area contributed by atoms with E-state index in [0.29, 0.717) is 12.8 Å². The van der Waals surface area contributed by atoms with E-state index in [4.69, 9.17) is 0 Å². The highest BCUT2D eigenvalue weighted by Gasteiger charge is 2.30. The summed E-state index contributed by atoms with van der Waals surface area (Å²) in [5.41, 5.74) is -0.670. The quantitative estimate of drug-likeness (QED) is 0.716. The lowest BCUT2D eigenvalue weighted by Gasteiger charge is -2.07. The number of carbonyl (C=O) groups excluding carboxylic acids is 1. The lowest BCUT2D eigenvalue weighted by Crippen LogP contribution is -2.07. The minimum absolute atomic E-state index is 0.114. The molecule has 0 saturated heterocycles. The number of benzene rings is 1. The molecule has 1 rings (SSSR count). The molecule has 0 spiro atoms. The second-order valence-electron chi connectivity index (χ2n) is 3.46. The van der Waals surface area contributed by atoms with Crippen molar-refractivity contribution in [3.05, 3.63) is 42.3 Å². The van der Waals surface area contributed by atoms with E-state index in [2.05, 4.69) is 6.92 Å². The van der Waals surface area contributed by atoms with E-state index in [1.54, 1.807) is 0 Å². The van der Waals surface area contributed by atoms with Crippen LogP contribution in [0.25, 0.3) is 0 Å². The minimum atomic E-state index is -4.40. The van der Waals surface area contributed by atoms with Crippen LogP contribution in [0.15, 0.2) is 24.3 Å². The molecule has 0 heterocycles. The van der Waals surface area contributed by atoms with Gasteiger partial charge in [0.05, 0.1) is 5.56 Å². The van der Waals surface area contributed by atoms with Crippen LogP contribution in [0.5, 0.6) is 0 Å². The summed E-state index contributed by atoms with van der Waals surface area (Å²) < 4.78 is 37.1. The standard InChI is InChI=1S/C12H12F3O/c1-2-3-7-11(16)9-5-4-6-10(8-9)12(13,14)15/h4-6,8H,1-3,7H2. The number of rotatable bonds is 4. The summed E-state index contributed by atoms with van der Waals surface area (Å²) in [6, 6.07) is 4.50. The van der Waals surface area contributed by atoms with Crippen molar-refractivity contribution < 1.29 is 18.0 Å². The van der Waals surface area contributed by atoms with E-state index in [-0.39, 0.29) is 17.8 Å². The van der Waals surface area contributed by atoms with Gasteiger partial charge in [-0.2, -0.15) is 13.2 Å². The topological polar surface area (TPSA) is 17.1 Å². The molecule has 1 aromatic carbocycles. The van der Waals surface area contributed by atoms with Gasteiger partial charge in [0.15, 0.2) is 5.78 Å². The summed E-state index contributed by atoms with van der Waals surface area (Å²) in [5, 5.41) is 0. The molecule has 16 heavy (non-hydrogen) atoms. The summed E-state index contributed by atoms with van der Waals surface area (Å²) >= 11 is 0. The van der Waals surface area contributed by atoms with Gasteiger partial charge in [0.25, 0.3) is 0 Å². The zero-order chi connectivity index (χ0) is 12.2. The Morgan fingerprint density at radius 2 is 2.00 bits per heavy atom. The van der Waals surface area contributed by atoms with Crippen molar-refractivity contribution in [3.63, 3.8) is 0 Å². The van der Waals surface area contributed by atoms with Crippen molar-refractivity contribution in [2.75, 3.05) is 0 Å². The van der Waals surface area contributed by atoms with Gasteiger partial charge < -0.3 is 0 Å². The van der Waals surface area contributed by atoms with E-state index in [9.17, 15) is 18.0 Å². The van der Waals surface area contributed by atoms with Gasteiger partial charge in [-0.25, -0.2) is 0 Å². The maximum atomic E-state index is 12.4. The molecule has 1 nitrogen and oxygen atoms in total. The number of alkyl halides is 3. The molecule has 0 unspecified atom stereocenters. The highest BCUT2D eigenvalue weighted by Crippen LogP contribution is 2.29. The molecule has 0 amide bonds. The normalized spacial score (nSPS) is 11.5. The molecule has 0 fully saturated rings. The Kier molecular flexibility index (Phi) is 4.10. The second kappa shape index (κ2) is 5.14. The van der Waals surface area contributed by atoms with Crippen molar-refractivity contribution in [3.8, 4) is 0 Å². The van der Waals surface area contributed by atoms with Gasteiger partial charge >= 0.3 is 6.18 Å². The molecular formula is C12H12F3O. The maximum Gasteiger partial charge on any atom is 0.416 e. The monoisotopic (exact) mass is 229 g/mol. The van der Waals surface area contributed by atoms with Crippen LogP contribution in [-0.2, 0) is 6.18 Å². The molecule has 0 N–H and O–H groups in total. The molecule has 0 aromatic heterocycles. The van der Waals surface area contributed by atoms with Crippen molar-refractivity contribution in [1.82, 2.24) is 0 Å². The van der Waals surface area contributed by atoms with Gasteiger partial charge in [-0.05, 0) is 18.6 Å². The maximum absolute atomic E-state index is 12.4. The first kappa shape index (κ1) is 12.7. The summed E-state index contributed by atoms with van der Waals surface area (Å²) in [5.74, 6) is -0.269. The Morgan fingerprint density at radius 1 is 1.31 bits per heavy atom. The first-order chi connectivity index (χ1) is 7.45. The molecule has 0 aliphatic carbocycles. The molecule has 0 aliphatic rings. The van der Waals surface area contributed by atoms with Crippen LogP contribution >= 0.6 is 0 Å². The van der Waals surface area contributed by atoms with Crippen LogP contribution in [0.1, 0.15) is 35.2 Å². The SMILES string of the molecule is [CH2]CCCC(=O)c1cccc(C(F)(F)F)c1. The van der Waals surface area contributed by atoms with Crippen LogP contribution in [0, 0.1) is 6.92 Å². The minimum Gasteiger partial charge on any atom is -0.294 e. The third kappa shape index (κ3) is 3.36. The fourth-order valence-corrected chi connectivity index (χ4v) is 1.30. The van der Waals surface area contributed by atoms with E-state index in [0.717, 1.165) is 12.1 Å². The first-order valence-corrected chi connectivity index (χ1v) is 4.95. The lowest BCUT2D eigenvalue weighted by molar-refractivity contribution is -0.137. The zero-order valence-electron chi connectivity index (χ0n) is 8.68. The second-order valence-corrected chi connectivity index (χ2v) is 3.46. The van der Waals surface area contributed by atoms with Crippen molar-refractivity contribution in [2.24, 2.45) is 0 Å². The van der Waals surface area contributed by atoms with Gasteiger partial charge in [0.1, 0.15) is 0 Å². The molecular weight excluding hydrogens is 217 g/mol. The number of ketones is 1. The van der Waals surface area contributed by atoms with Gasteiger partial charge in [0.2, 0.25) is 0 Å². The molecule has 0 aliphatic heterocycles. The average molecular weight is 229 g/mol. The largest absolute Gasteiger partial charge is 0.416 e. The van der Waals surface area contributed by atoms with E-state index in [1.165, 1.54) is 12.1 Å². The Morgan fingerprint density at radius 3 is 2.56 bits per heavy atom. The Balaban J connectivity index is 2.86. The Bertz CT molecular complexity index is 369. The van der Waals surface area contributed by atoms with Crippen LogP contribution in [0.4, 0.5) is 13.2 Å². The number of unbranched alkanes of at least 4 members (excludes halogenated alkanes) is 1. The van der Waals surface area contributed by atoms with E-state index < -0.39 is 11.7 Å². The molecule has 0 bridgehead atoms. The van der Waals surface area contributed by atoms with Crippen LogP contribution in [-0.4, -0.2) is 5.78 Å². The number of hydrogen-bond donors (Lipinski definition) is 0. The molecule has 1 radical (unpaired) electrons.